The van der Waals surface area contributed by atoms with Gasteiger partial charge < -0.3 is 31.1 Å². The lowest BCUT2D eigenvalue weighted by Crippen LogP contribution is -2.71. The smallest absolute Gasteiger partial charge is 0.352 e. The molecule has 18 heteroatoms. The maximum absolute atomic E-state index is 13.5. The lowest BCUT2D eigenvalue weighted by atomic mass is 10.0. The van der Waals surface area contributed by atoms with Crippen LogP contribution in [0, 0.1) is 0 Å². The van der Waals surface area contributed by atoms with Crippen LogP contribution in [0.2, 0.25) is 0 Å². The zero-order valence-electron chi connectivity index (χ0n) is 23.1. The Kier molecular flexibility index (Phi) is 8.60. The molecule has 2 aliphatic rings. The molecule has 3 amide bonds. The van der Waals surface area contributed by atoms with Gasteiger partial charge in [-0.05, 0) is 35.4 Å². The van der Waals surface area contributed by atoms with Crippen LogP contribution in [0.3, 0.4) is 0 Å². The van der Waals surface area contributed by atoms with Gasteiger partial charge in [0.05, 0.1) is 5.56 Å². The second-order valence-corrected chi connectivity index (χ2v) is 11.9. The van der Waals surface area contributed by atoms with Gasteiger partial charge in [-0.1, -0.05) is 30.0 Å². The molecular weight excluding hydrogens is 632 g/mol. The summed E-state index contributed by atoms with van der Waals surface area (Å²) >= 11 is 2.19. The fraction of sp³-hybridized carbons (Fsp3) is 0.222. The van der Waals surface area contributed by atoms with Crippen LogP contribution in [0.25, 0.3) is 0 Å². The van der Waals surface area contributed by atoms with Gasteiger partial charge >= 0.3 is 17.1 Å². The number of H-pyrrole nitrogens is 1. The number of amides is 3. The molecule has 2 unspecified atom stereocenters. The van der Waals surface area contributed by atoms with Gasteiger partial charge in [-0.25, -0.2) is 9.89 Å². The van der Waals surface area contributed by atoms with Crippen LogP contribution >= 0.6 is 23.5 Å². The zero-order valence-corrected chi connectivity index (χ0v) is 24.7. The summed E-state index contributed by atoms with van der Waals surface area (Å²) in [6.45, 7) is 0. The van der Waals surface area contributed by atoms with Crippen molar-refractivity contribution in [3.05, 3.63) is 85.6 Å². The van der Waals surface area contributed by atoms with Crippen LogP contribution in [0.5, 0.6) is 17.2 Å². The van der Waals surface area contributed by atoms with Crippen molar-refractivity contribution in [2.45, 2.75) is 22.6 Å². The van der Waals surface area contributed by atoms with E-state index in [9.17, 15) is 49.2 Å². The van der Waals surface area contributed by atoms with Gasteiger partial charge in [0.1, 0.15) is 28.9 Å². The molecule has 2 aliphatic heterocycles. The highest BCUT2D eigenvalue weighted by molar-refractivity contribution is 8.01. The summed E-state index contributed by atoms with van der Waals surface area (Å²) in [5.41, 5.74) is -1.78. The largest absolute Gasteiger partial charge is 0.508 e. The first-order valence-electron chi connectivity index (χ1n) is 13.0. The van der Waals surface area contributed by atoms with Crippen molar-refractivity contribution in [1.29, 1.82) is 0 Å². The Labute approximate surface area is 260 Å². The number of benzene rings is 2. The molecule has 1 aromatic heterocycles. The monoisotopic (exact) mass is 656 g/mol. The average Bonchev–Trinajstić information content (AvgIpc) is 3.02. The highest BCUT2D eigenvalue weighted by Gasteiger charge is 2.54. The number of aromatic amines is 1. The molecular formula is C27H24N6O10S2. The summed E-state index contributed by atoms with van der Waals surface area (Å²) in [7, 11) is 1.34. The van der Waals surface area contributed by atoms with Crippen LogP contribution in [0.15, 0.2) is 68.5 Å². The molecule has 0 saturated carbocycles. The third-order valence-electron chi connectivity index (χ3n) is 6.99. The van der Waals surface area contributed by atoms with Gasteiger partial charge in [-0.2, -0.15) is 0 Å². The summed E-state index contributed by atoms with van der Waals surface area (Å²) in [4.78, 5) is 76.5. The molecule has 16 nitrogen and oxygen atoms in total. The van der Waals surface area contributed by atoms with Crippen molar-refractivity contribution in [3.8, 4) is 17.2 Å². The Morgan fingerprint density at radius 1 is 1.11 bits per heavy atom. The number of phenols is 3. The van der Waals surface area contributed by atoms with Gasteiger partial charge in [0.15, 0.2) is 16.7 Å². The van der Waals surface area contributed by atoms with Gasteiger partial charge in [-0.15, -0.1) is 16.9 Å². The highest BCUT2D eigenvalue weighted by Crippen LogP contribution is 2.41. The van der Waals surface area contributed by atoms with Crippen molar-refractivity contribution in [2.75, 3.05) is 11.5 Å². The number of fused-ring (bicyclic) bond motifs is 1. The zero-order chi connectivity index (χ0) is 32.6. The fourth-order valence-corrected chi connectivity index (χ4v) is 7.07. The molecule has 5 rings (SSSR count). The van der Waals surface area contributed by atoms with Gasteiger partial charge in [0.2, 0.25) is 5.91 Å². The Balaban J connectivity index is 1.35. The van der Waals surface area contributed by atoms with Gasteiger partial charge in [-0.3, -0.25) is 33.4 Å². The standard InChI is InChI=1S/C27H24N6O10S2/c1-32-24(41)22(39)30-31-27(32)45-10-12-9-44-25-17(23(40)33(25)18(12)26(42)43)29-21(38)16(11-5-7-13(34)8-6-11)28-20(37)14-3-2-4-15(35)19(14)36/h2-8,16-17,25,34-36H,9-10H2,1H3,(H,28,37)(H,29,38)(H,30,39)(H,42,43)/t16?,17?,25-/m1/s1. The molecule has 0 bridgehead atoms. The van der Waals surface area contributed by atoms with Crippen molar-refractivity contribution in [2.24, 2.45) is 7.05 Å². The van der Waals surface area contributed by atoms with Crippen LogP contribution in [0.4, 0.5) is 0 Å². The number of aliphatic carboxylic acids is 1. The number of phenolic OH excluding ortho intramolecular Hbond substituents is 3. The lowest BCUT2D eigenvalue weighted by Gasteiger charge is -2.49. The summed E-state index contributed by atoms with van der Waals surface area (Å²) in [5.74, 6) is -5.02. The topological polar surface area (TPSA) is 244 Å². The quantitative estimate of drug-likeness (QED) is 0.0671. The number of aromatic hydroxyl groups is 3. The van der Waals surface area contributed by atoms with E-state index in [1.165, 1.54) is 61.3 Å². The van der Waals surface area contributed by atoms with E-state index >= 15 is 0 Å². The van der Waals surface area contributed by atoms with Crippen LogP contribution in [0.1, 0.15) is 22.0 Å². The number of carbonyl (C=O) groups is 4. The average molecular weight is 657 g/mol. The fourth-order valence-electron chi connectivity index (χ4n) is 4.66. The number of para-hydroxylation sites is 1. The van der Waals surface area contributed by atoms with Crippen molar-refractivity contribution >= 4 is 47.2 Å². The Bertz CT molecular complexity index is 1870. The number of β-lactam (4-membered cyclic amide) rings is 1. The molecule has 3 aromatic rings. The molecule has 3 heterocycles. The van der Waals surface area contributed by atoms with Gasteiger partial charge in [0.25, 0.3) is 11.8 Å². The van der Waals surface area contributed by atoms with E-state index in [0.29, 0.717) is 5.57 Å². The minimum Gasteiger partial charge on any atom is -0.508 e. The van der Waals surface area contributed by atoms with E-state index in [4.69, 9.17) is 0 Å². The van der Waals surface area contributed by atoms with E-state index < -0.39 is 63.8 Å². The number of hydrogen-bond acceptors (Lipinski definition) is 12. The molecule has 0 radical (unpaired) electrons. The van der Waals surface area contributed by atoms with Crippen molar-refractivity contribution in [3.63, 3.8) is 0 Å². The molecule has 3 atom stereocenters. The molecule has 1 saturated heterocycles. The van der Waals surface area contributed by atoms with E-state index in [1.54, 1.807) is 0 Å². The van der Waals surface area contributed by atoms with Gasteiger partial charge in [0, 0.05) is 18.6 Å². The summed E-state index contributed by atoms with van der Waals surface area (Å²) < 4.78 is 1.02. The molecule has 7 N–H and O–H groups in total. The van der Waals surface area contributed by atoms with Crippen molar-refractivity contribution < 1.29 is 39.6 Å². The number of hydrogen-bond donors (Lipinski definition) is 7. The number of carboxylic acid groups (broad SMARTS) is 1. The number of carbonyl (C=O) groups excluding carboxylic acids is 3. The molecule has 0 aliphatic carbocycles. The predicted molar refractivity (Wildman–Crippen MR) is 159 cm³/mol. The van der Waals surface area contributed by atoms with E-state index in [2.05, 4.69) is 20.8 Å². The van der Waals surface area contributed by atoms with E-state index in [1.807, 2.05) is 0 Å². The number of nitrogens with zero attached hydrogens (tertiary/aromatic N) is 3. The Morgan fingerprint density at radius 2 is 1.82 bits per heavy atom. The number of aromatic nitrogens is 3. The first-order valence-corrected chi connectivity index (χ1v) is 15.0. The maximum atomic E-state index is 13.5. The van der Waals surface area contributed by atoms with Crippen molar-refractivity contribution in [1.82, 2.24) is 30.3 Å². The number of nitrogens with one attached hydrogen (secondary N) is 3. The number of thioether (sulfide) groups is 2. The molecule has 45 heavy (non-hydrogen) atoms. The minimum absolute atomic E-state index is 0.0331. The predicted octanol–water partition coefficient (Wildman–Crippen LogP) is -0.413. The molecule has 0 spiro atoms. The third-order valence-corrected chi connectivity index (χ3v) is 9.44. The van der Waals surface area contributed by atoms with Crippen LogP contribution < -0.4 is 21.8 Å². The summed E-state index contributed by atoms with van der Waals surface area (Å²) in [6, 6.07) is 6.44. The maximum Gasteiger partial charge on any atom is 0.352 e. The Hall–Kier alpha value is -5.23. The summed E-state index contributed by atoms with van der Waals surface area (Å²) in [5, 5.41) is 49.8. The number of rotatable bonds is 9. The summed E-state index contributed by atoms with van der Waals surface area (Å²) in [6.07, 6.45) is 0. The van der Waals surface area contributed by atoms with E-state index in [-0.39, 0.29) is 39.2 Å². The first kappa shape index (κ1) is 31.2. The second-order valence-electron chi connectivity index (χ2n) is 9.81. The third kappa shape index (κ3) is 5.96. The second kappa shape index (κ2) is 12.4. The van der Waals surface area contributed by atoms with Crippen LogP contribution in [-0.4, -0.2) is 86.7 Å². The molecule has 234 valence electrons. The SMILES string of the molecule is Cn1c(SCC2=C(C(=O)O)N3C(=O)C(NC(=O)C(NC(=O)c4cccc(O)c4O)c4ccc(O)cc4)[C@H]3SC2)n[nH]c(=O)c1=O. The molecule has 1 fully saturated rings. The number of carboxylic acids is 1. The lowest BCUT2D eigenvalue weighted by molar-refractivity contribution is -0.151. The highest BCUT2D eigenvalue weighted by atomic mass is 32.2. The normalized spacial score (nSPS) is 18.1. The minimum atomic E-state index is -1.42. The molecule has 2 aromatic carbocycles. The first-order chi connectivity index (χ1) is 21.4. The van der Waals surface area contributed by atoms with Crippen LogP contribution in [-0.2, 0) is 21.4 Å². The Morgan fingerprint density at radius 3 is 2.51 bits per heavy atom. The van der Waals surface area contributed by atoms with E-state index in [0.717, 1.165) is 21.2 Å².